The van der Waals surface area contributed by atoms with Crippen molar-refractivity contribution in [3.8, 4) is 0 Å². The van der Waals surface area contributed by atoms with Gasteiger partial charge in [0.05, 0.1) is 22.6 Å². The quantitative estimate of drug-likeness (QED) is 0.707. The average Bonchev–Trinajstić information content (AvgIpc) is 3.07. The van der Waals surface area contributed by atoms with E-state index in [-0.39, 0.29) is 16.9 Å². The van der Waals surface area contributed by atoms with Crippen LogP contribution in [0.3, 0.4) is 0 Å². The second-order valence-corrected chi connectivity index (χ2v) is 12.2. The number of carbonyl (C=O) groups is 2. The average molecular weight is 459 g/mol. The number of fused-ring (bicyclic) bond motifs is 2. The van der Waals surface area contributed by atoms with Crippen LogP contribution in [0.2, 0.25) is 0 Å². The van der Waals surface area contributed by atoms with Crippen molar-refractivity contribution in [2.75, 3.05) is 18.1 Å². The van der Waals surface area contributed by atoms with Crippen molar-refractivity contribution in [2.45, 2.75) is 52.5 Å². The molecular weight excluding hydrogens is 428 g/mol. The molecule has 2 atom stereocenters. The number of nitrogens with zero attached hydrogens (tertiary/aromatic N) is 1. The molecule has 0 radical (unpaired) electrons. The highest BCUT2D eigenvalue weighted by Crippen LogP contribution is 2.39. The molecule has 2 unspecified atom stereocenters. The Kier molecular flexibility index (Phi) is 6.00. The lowest BCUT2D eigenvalue weighted by Crippen LogP contribution is -2.38. The lowest BCUT2D eigenvalue weighted by atomic mass is 9.70. The van der Waals surface area contributed by atoms with Gasteiger partial charge in [-0.05, 0) is 48.6 Å². The molecule has 2 heterocycles. The van der Waals surface area contributed by atoms with E-state index < -0.39 is 34.4 Å². The van der Waals surface area contributed by atoms with Crippen molar-refractivity contribution in [1.82, 2.24) is 10.3 Å². The third-order valence-electron chi connectivity index (χ3n) is 6.62. The molecule has 0 spiro atoms. The number of carbonyl (C=O) groups excluding carboxylic acids is 2. The van der Waals surface area contributed by atoms with Gasteiger partial charge in [0, 0.05) is 17.1 Å². The number of esters is 1. The number of pyridine rings is 1. The fourth-order valence-corrected chi connectivity index (χ4v) is 6.42. The monoisotopic (exact) mass is 458 g/mol. The summed E-state index contributed by atoms with van der Waals surface area (Å²) < 4.78 is 28.6. The Morgan fingerprint density at radius 3 is 2.62 bits per heavy atom. The van der Waals surface area contributed by atoms with Crippen LogP contribution in [0, 0.1) is 11.3 Å². The number of hydrogen-bond donors (Lipinski definition) is 1. The van der Waals surface area contributed by atoms with E-state index >= 15 is 0 Å². The van der Waals surface area contributed by atoms with Crippen molar-refractivity contribution in [3.63, 3.8) is 0 Å². The first-order valence-electron chi connectivity index (χ1n) is 11.1. The molecule has 1 aliphatic carbocycles. The van der Waals surface area contributed by atoms with Gasteiger partial charge in [-0.2, -0.15) is 0 Å². The Morgan fingerprint density at radius 2 is 1.94 bits per heavy atom. The van der Waals surface area contributed by atoms with Gasteiger partial charge in [0.25, 0.3) is 5.91 Å². The number of aryl methyl sites for hydroxylation is 1. The zero-order valence-corrected chi connectivity index (χ0v) is 19.6. The molecule has 8 heteroatoms. The van der Waals surface area contributed by atoms with Crippen molar-refractivity contribution < 1.29 is 22.7 Å². The number of benzene rings is 1. The number of hydrogen-bond acceptors (Lipinski definition) is 6. The zero-order chi connectivity index (χ0) is 23.1. The van der Waals surface area contributed by atoms with Gasteiger partial charge in [-0.3, -0.25) is 9.78 Å². The van der Waals surface area contributed by atoms with Crippen molar-refractivity contribution >= 4 is 32.6 Å². The van der Waals surface area contributed by atoms with Crippen LogP contribution in [-0.4, -0.2) is 49.4 Å². The van der Waals surface area contributed by atoms with Gasteiger partial charge >= 0.3 is 5.97 Å². The predicted octanol–water partition coefficient (Wildman–Crippen LogP) is 2.85. The van der Waals surface area contributed by atoms with Crippen LogP contribution < -0.4 is 5.32 Å². The Hall–Kier alpha value is -2.48. The molecule has 1 amide bonds. The maximum Gasteiger partial charge on any atom is 0.339 e. The molecule has 1 N–H and O–H groups in total. The van der Waals surface area contributed by atoms with Gasteiger partial charge in [0.1, 0.15) is 0 Å². The van der Waals surface area contributed by atoms with Crippen LogP contribution in [0.25, 0.3) is 10.9 Å². The number of rotatable bonds is 4. The molecule has 0 saturated carbocycles. The third-order valence-corrected chi connectivity index (χ3v) is 8.39. The summed E-state index contributed by atoms with van der Waals surface area (Å²) in [6.45, 7) is 6.19. The van der Waals surface area contributed by atoms with Crippen molar-refractivity contribution in [3.05, 3.63) is 41.1 Å². The number of nitrogens with one attached hydrogen (secondary N) is 1. The lowest BCUT2D eigenvalue weighted by Gasteiger charge is -2.35. The molecule has 32 heavy (non-hydrogen) atoms. The van der Waals surface area contributed by atoms with Crippen LogP contribution >= 0.6 is 0 Å². The highest BCUT2D eigenvalue weighted by molar-refractivity contribution is 7.91. The molecular formula is C24H30N2O5S. The highest BCUT2D eigenvalue weighted by atomic mass is 32.2. The van der Waals surface area contributed by atoms with E-state index in [9.17, 15) is 18.0 Å². The summed E-state index contributed by atoms with van der Waals surface area (Å²) in [7, 11) is -3.10. The fourth-order valence-electron chi connectivity index (χ4n) is 4.74. The third kappa shape index (κ3) is 4.80. The molecule has 1 aliphatic heterocycles. The molecule has 2 aliphatic rings. The van der Waals surface area contributed by atoms with E-state index in [1.54, 1.807) is 0 Å². The minimum Gasteiger partial charge on any atom is -0.452 e. The Morgan fingerprint density at radius 1 is 1.19 bits per heavy atom. The molecule has 0 bridgehead atoms. The number of aromatic nitrogens is 1. The summed E-state index contributed by atoms with van der Waals surface area (Å²) in [5.74, 6) is -0.605. The maximum atomic E-state index is 13.2. The summed E-state index contributed by atoms with van der Waals surface area (Å²) in [5, 5.41) is 3.39. The fraction of sp³-hybridized carbons (Fsp3) is 0.542. The van der Waals surface area contributed by atoms with Gasteiger partial charge in [0.15, 0.2) is 16.4 Å². The highest BCUT2D eigenvalue weighted by Gasteiger charge is 2.33. The number of ether oxygens (including phenoxy) is 1. The van der Waals surface area contributed by atoms with E-state index in [2.05, 4.69) is 26.1 Å². The van der Waals surface area contributed by atoms with Crippen LogP contribution in [0.1, 0.15) is 55.2 Å². The van der Waals surface area contributed by atoms with Gasteiger partial charge in [0.2, 0.25) is 0 Å². The topological polar surface area (TPSA) is 102 Å². The van der Waals surface area contributed by atoms with E-state index in [4.69, 9.17) is 9.72 Å². The SMILES string of the molecule is CC(C)(C)C1CCc2nc3ccccc3c(C(=O)OCC(=O)NC3CCS(=O)(=O)C3)c2C1. The second kappa shape index (κ2) is 8.46. The molecule has 1 saturated heterocycles. The summed E-state index contributed by atoms with van der Waals surface area (Å²) >= 11 is 0. The normalized spacial score (nSPS) is 22.3. The summed E-state index contributed by atoms with van der Waals surface area (Å²) in [6, 6.07) is 7.08. The second-order valence-electron chi connectivity index (χ2n) is 9.98. The van der Waals surface area contributed by atoms with Crippen molar-refractivity contribution in [2.24, 2.45) is 11.3 Å². The minimum atomic E-state index is -3.10. The van der Waals surface area contributed by atoms with Gasteiger partial charge < -0.3 is 10.1 Å². The maximum absolute atomic E-state index is 13.2. The Labute approximate surface area is 188 Å². The van der Waals surface area contributed by atoms with Gasteiger partial charge in [-0.15, -0.1) is 0 Å². The first kappa shape index (κ1) is 22.7. The van der Waals surface area contributed by atoms with E-state index in [1.807, 2.05) is 24.3 Å². The van der Waals surface area contributed by atoms with Crippen LogP contribution in [0.15, 0.2) is 24.3 Å². The van der Waals surface area contributed by atoms with Crippen LogP contribution in [0.4, 0.5) is 0 Å². The first-order chi connectivity index (χ1) is 15.0. The van der Waals surface area contributed by atoms with Crippen LogP contribution in [0.5, 0.6) is 0 Å². The largest absolute Gasteiger partial charge is 0.452 e. The summed E-state index contributed by atoms with van der Waals surface area (Å²) in [5.41, 5.74) is 3.19. The standard InChI is InChI=1S/C24H30N2O5S/c1-24(2,3)15-8-9-20-18(12-15)22(17-6-4-5-7-19(17)26-20)23(28)31-13-21(27)25-16-10-11-32(29,30)14-16/h4-7,15-16H,8-14H2,1-3H3,(H,25,27). The molecule has 4 rings (SSSR count). The summed E-state index contributed by atoms with van der Waals surface area (Å²) in [4.78, 5) is 30.3. The number of para-hydroxylation sites is 1. The van der Waals surface area contributed by atoms with Crippen LogP contribution in [-0.2, 0) is 32.2 Å². The Balaban J connectivity index is 1.56. The summed E-state index contributed by atoms with van der Waals surface area (Å²) in [6.07, 6.45) is 2.95. The molecule has 2 aromatic rings. The molecule has 1 aromatic heterocycles. The predicted molar refractivity (Wildman–Crippen MR) is 122 cm³/mol. The number of sulfone groups is 1. The van der Waals surface area contributed by atoms with E-state index in [0.29, 0.717) is 17.9 Å². The van der Waals surface area contributed by atoms with E-state index in [1.165, 1.54) is 0 Å². The van der Waals surface area contributed by atoms with Gasteiger partial charge in [-0.1, -0.05) is 39.0 Å². The number of amides is 1. The lowest BCUT2D eigenvalue weighted by molar-refractivity contribution is -0.124. The zero-order valence-electron chi connectivity index (χ0n) is 18.8. The molecule has 172 valence electrons. The van der Waals surface area contributed by atoms with Gasteiger partial charge in [-0.25, -0.2) is 13.2 Å². The Bertz CT molecular complexity index is 1170. The molecule has 1 aromatic carbocycles. The first-order valence-corrected chi connectivity index (χ1v) is 12.9. The molecule has 1 fully saturated rings. The van der Waals surface area contributed by atoms with Crippen molar-refractivity contribution in [1.29, 1.82) is 0 Å². The molecule has 7 nitrogen and oxygen atoms in total. The van der Waals surface area contributed by atoms with E-state index in [0.717, 1.165) is 41.4 Å². The minimum absolute atomic E-state index is 0.0661. The smallest absolute Gasteiger partial charge is 0.339 e.